The Morgan fingerprint density at radius 3 is 2.94 bits per heavy atom. The van der Waals surface area contributed by atoms with E-state index in [1.807, 2.05) is 0 Å². The maximum atomic E-state index is 10.9. The normalized spacial score (nSPS) is 9.00. The molecule has 0 radical (unpaired) electrons. The van der Waals surface area contributed by atoms with Gasteiger partial charge in [0.15, 0.2) is 0 Å². The summed E-state index contributed by atoms with van der Waals surface area (Å²) in [5.74, 6) is 4.07. The second kappa shape index (κ2) is 5.46. The van der Waals surface area contributed by atoms with E-state index in [0.29, 0.717) is 0 Å². The number of nitrogens with zero attached hydrogens (tertiary/aromatic N) is 2. The van der Waals surface area contributed by atoms with Crippen LogP contribution in [0.4, 0.5) is 11.5 Å². The average molecular weight is 235 g/mol. The van der Waals surface area contributed by atoms with E-state index >= 15 is 0 Å². The molecule has 2 N–H and O–H groups in total. The fraction of sp³-hybridized carbons (Fsp3) is 0.200. The van der Waals surface area contributed by atoms with Gasteiger partial charge < -0.3 is 10.4 Å². The Balaban J connectivity index is 3.07. The van der Waals surface area contributed by atoms with Crippen LogP contribution in [0.1, 0.15) is 17.3 Å². The first-order chi connectivity index (χ1) is 8.06. The first-order valence-electron chi connectivity index (χ1n) is 4.57. The van der Waals surface area contributed by atoms with Gasteiger partial charge in [-0.1, -0.05) is 5.92 Å². The molecule has 0 aliphatic carbocycles. The number of carboxylic acid groups (broad SMARTS) is 1. The van der Waals surface area contributed by atoms with Crippen LogP contribution in [0.3, 0.4) is 0 Å². The molecular formula is C10H9N3O4. The van der Waals surface area contributed by atoms with Gasteiger partial charge in [-0.05, 0) is 6.92 Å². The summed E-state index contributed by atoms with van der Waals surface area (Å²) in [6.45, 7) is 1.87. The van der Waals surface area contributed by atoms with E-state index in [0.717, 1.165) is 12.3 Å². The van der Waals surface area contributed by atoms with Crippen molar-refractivity contribution < 1.29 is 14.8 Å². The van der Waals surface area contributed by atoms with Crippen molar-refractivity contribution in [3.8, 4) is 11.8 Å². The first kappa shape index (κ1) is 12.4. The summed E-state index contributed by atoms with van der Waals surface area (Å²) in [7, 11) is 0. The van der Waals surface area contributed by atoms with Crippen molar-refractivity contribution >= 4 is 17.5 Å². The van der Waals surface area contributed by atoms with Crippen LogP contribution in [0.25, 0.3) is 0 Å². The van der Waals surface area contributed by atoms with E-state index in [-0.39, 0.29) is 23.6 Å². The molecule has 88 valence electrons. The number of aromatic nitrogens is 1. The highest BCUT2D eigenvalue weighted by Gasteiger charge is 2.16. The van der Waals surface area contributed by atoms with Crippen molar-refractivity contribution in [1.82, 2.24) is 4.98 Å². The van der Waals surface area contributed by atoms with Gasteiger partial charge in [0.05, 0.1) is 11.5 Å². The third kappa shape index (κ3) is 3.17. The number of pyridine rings is 1. The SMILES string of the molecule is CC#CCNc1ncc([N+](=O)[O-])cc1C(=O)O. The molecule has 7 nitrogen and oxygen atoms in total. The third-order valence-electron chi connectivity index (χ3n) is 1.84. The van der Waals surface area contributed by atoms with Crippen molar-refractivity contribution in [3.63, 3.8) is 0 Å². The average Bonchev–Trinajstić information content (AvgIpc) is 2.29. The minimum absolute atomic E-state index is 0.0610. The van der Waals surface area contributed by atoms with Crippen molar-refractivity contribution in [2.24, 2.45) is 0 Å². The molecule has 0 aromatic carbocycles. The minimum atomic E-state index is -1.28. The molecule has 0 amide bonds. The number of hydrogen-bond donors (Lipinski definition) is 2. The fourth-order valence-electron chi connectivity index (χ4n) is 1.07. The zero-order chi connectivity index (χ0) is 12.8. The molecule has 1 aromatic rings. The fourth-order valence-corrected chi connectivity index (χ4v) is 1.07. The van der Waals surface area contributed by atoms with Gasteiger partial charge in [0.25, 0.3) is 5.69 Å². The van der Waals surface area contributed by atoms with E-state index in [9.17, 15) is 14.9 Å². The lowest BCUT2D eigenvalue weighted by atomic mass is 10.2. The molecule has 0 bridgehead atoms. The van der Waals surface area contributed by atoms with Gasteiger partial charge in [-0.25, -0.2) is 9.78 Å². The van der Waals surface area contributed by atoms with Gasteiger partial charge in [-0.2, -0.15) is 0 Å². The highest BCUT2D eigenvalue weighted by atomic mass is 16.6. The van der Waals surface area contributed by atoms with Crippen LogP contribution in [-0.4, -0.2) is 27.5 Å². The van der Waals surface area contributed by atoms with Crippen molar-refractivity contribution in [3.05, 3.63) is 27.9 Å². The maximum absolute atomic E-state index is 10.9. The molecule has 0 saturated heterocycles. The Bertz CT molecular complexity index is 516. The molecule has 0 saturated carbocycles. The molecule has 0 unspecified atom stereocenters. The van der Waals surface area contributed by atoms with Crippen LogP contribution in [0.5, 0.6) is 0 Å². The van der Waals surface area contributed by atoms with Crippen LogP contribution < -0.4 is 5.32 Å². The Kier molecular flexibility index (Phi) is 4.00. The van der Waals surface area contributed by atoms with E-state index < -0.39 is 10.9 Å². The zero-order valence-electron chi connectivity index (χ0n) is 8.93. The summed E-state index contributed by atoms with van der Waals surface area (Å²) in [4.78, 5) is 24.4. The van der Waals surface area contributed by atoms with Gasteiger partial charge in [0.2, 0.25) is 0 Å². The number of rotatable bonds is 4. The van der Waals surface area contributed by atoms with E-state index in [2.05, 4.69) is 22.1 Å². The monoisotopic (exact) mass is 235 g/mol. The quantitative estimate of drug-likeness (QED) is 0.460. The highest BCUT2D eigenvalue weighted by molar-refractivity contribution is 5.93. The van der Waals surface area contributed by atoms with Crippen molar-refractivity contribution in [2.45, 2.75) is 6.92 Å². The maximum Gasteiger partial charge on any atom is 0.339 e. The summed E-state index contributed by atoms with van der Waals surface area (Å²) in [5.41, 5.74) is -0.619. The van der Waals surface area contributed by atoms with Crippen LogP contribution in [0.2, 0.25) is 0 Å². The lowest BCUT2D eigenvalue weighted by molar-refractivity contribution is -0.385. The van der Waals surface area contributed by atoms with Gasteiger partial charge in [0.1, 0.15) is 17.6 Å². The Morgan fingerprint density at radius 1 is 1.71 bits per heavy atom. The van der Waals surface area contributed by atoms with Gasteiger partial charge in [-0.3, -0.25) is 10.1 Å². The van der Waals surface area contributed by atoms with Gasteiger partial charge >= 0.3 is 5.97 Å². The molecule has 1 aromatic heterocycles. The predicted molar refractivity (Wildman–Crippen MR) is 59.8 cm³/mol. The standard InChI is InChI=1S/C10H9N3O4/c1-2-3-4-11-9-8(10(14)15)5-7(6-12-9)13(16)17/h5-6H,4H2,1H3,(H,11,12)(H,14,15). The number of nitro groups is 1. The van der Waals surface area contributed by atoms with E-state index in [4.69, 9.17) is 5.11 Å². The summed E-state index contributed by atoms with van der Waals surface area (Å²) < 4.78 is 0. The number of carboxylic acids is 1. The first-order valence-corrected chi connectivity index (χ1v) is 4.57. The second-order valence-electron chi connectivity index (χ2n) is 2.93. The Morgan fingerprint density at radius 2 is 2.41 bits per heavy atom. The second-order valence-corrected chi connectivity index (χ2v) is 2.93. The molecule has 0 aliphatic heterocycles. The number of hydrogen-bond acceptors (Lipinski definition) is 5. The molecule has 0 aliphatic rings. The molecule has 0 spiro atoms. The van der Waals surface area contributed by atoms with E-state index in [1.165, 1.54) is 0 Å². The summed E-state index contributed by atoms with van der Waals surface area (Å²) in [6.07, 6.45) is 0.994. The molecule has 7 heteroatoms. The minimum Gasteiger partial charge on any atom is -0.478 e. The van der Waals surface area contributed by atoms with Crippen LogP contribution >= 0.6 is 0 Å². The van der Waals surface area contributed by atoms with Gasteiger partial charge in [-0.15, -0.1) is 5.92 Å². The third-order valence-corrected chi connectivity index (χ3v) is 1.84. The molecular weight excluding hydrogens is 226 g/mol. The topological polar surface area (TPSA) is 105 Å². The number of anilines is 1. The van der Waals surface area contributed by atoms with Gasteiger partial charge in [0, 0.05) is 6.07 Å². The summed E-state index contributed by atoms with van der Waals surface area (Å²) in [6, 6.07) is 0.955. The molecule has 0 atom stereocenters. The molecule has 0 fully saturated rings. The van der Waals surface area contributed by atoms with Crippen LogP contribution in [-0.2, 0) is 0 Å². The summed E-state index contributed by atoms with van der Waals surface area (Å²) >= 11 is 0. The van der Waals surface area contributed by atoms with Crippen LogP contribution in [0.15, 0.2) is 12.3 Å². The number of nitrogens with one attached hydrogen (secondary N) is 1. The molecule has 1 heterocycles. The smallest absolute Gasteiger partial charge is 0.339 e. The molecule has 17 heavy (non-hydrogen) atoms. The summed E-state index contributed by atoms with van der Waals surface area (Å²) in [5, 5.41) is 22.0. The Labute approximate surface area is 96.6 Å². The number of carbonyl (C=O) groups is 1. The van der Waals surface area contributed by atoms with Crippen molar-refractivity contribution in [1.29, 1.82) is 0 Å². The van der Waals surface area contributed by atoms with E-state index in [1.54, 1.807) is 6.92 Å². The Hall–Kier alpha value is -2.62. The number of aromatic carboxylic acids is 1. The largest absolute Gasteiger partial charge is 0.478 e. The zero-order valence-corrected chi connectivity index (χ0v) is 8.93. The van der Waals surface area contributed by atoms with Crippen LogP contribution in [0, 0.1) is 22.0 Å². The van der Waals surface area contributed by atoms with Crippen molar-refractivity contribution in [2.75, 3.05) is 11.9 Å². The molecule has 1 rings (SSSR count). The lowest BCUT2D eigenvalue weighted by Crippen LogP contribution is -2.09. The highest BCUT2D eigenvalue weighted by Crippen LogP contribution is 2.18. The predicted octanol–water partition coefficient (Wildman–Crippen LogP) is 1.12. The lowest BCUT2D eigenvalue weighted by Gasteiger charge is -2.04.